The molecule has 1 amide bonds. The summed E-state index contributed by atoms with van der Waals surface area (Å²) in [6, 6.07) is 18.4. The second-order valence-electron chi connectivity index (χ2n) is 7.53. The van der Waals surface area contributed by atoms with Gasteiger partial charge in [0.2, 0.25) is 5.91 Å². The molecule has 1 N–H and O–H groups in total. The van der Waals surface area contributed by atoms with E-state index in [9.17, 15) is 4.79 Å². The first kappa shape index (κ1) is 20.4. The largest absolute Gasteiger partial charge is 0.354 e. The van der Waals surface area contributed by atoms with Gasteiger partial charge in [-0.1, -0.05) is 54.2 Å². The Labute approximate surface area is 181 Å². The third-order valence-electron chi connectivity index (χ3n) is 5.41. The molecule has 0 radical (unpaired) electrons. The monoisotopic (exact) mass is 418 g/mol. The first-order valence-corrected chi connectivity index (χ1v) is 11.1. The summed E-state index contributed by atoms with van der Waals surface area (Å²) in [6.45, 7) is 4.20. The summed E-state index contributed by atoms with van der Waals surface area (Å²) >= 11 is 1.61. The third kappa shape index (κ3) is 5.00. The number of rotatable bonds is 6. The number of amides is 1. The van der Waals surface area contributed by atoms with Crippen LogP contribution < -0.4 is 10.2 Å². The first-order chi connectivity index (χ1) is 14.7. The molecule has 2 heterocycles. The van der Waals surface area contributed by atoms with Gasteiger partial charge in [-0.15, -0.1) is 0 Å². The lowest BCUT2D eigenvalue weighted by molar-refractivity contribution is -0.125. The fourth-order valence-electron chi connectivity index (χ4n) is 3.73. The molecule has 1 atom stereocenters. The van der Waals surface area contributed by atoms with Crippen molar-refractivity contribution in [3.05, 3.63) is 78.1 Å². The van der Waals surface area contributed by atoms with Gasteiger partial charge < -0.3 is 10.2 Å². The molecule has 1 aliphatic rings. The van der Waals surface area contributed by atoms with E-state index in [2.05, 4.69) is 51.4 Å². The van der Waals surface area contributed by atoms with Gasteiger partial charge in [0.1, 0.15) is 5.03 Å². The standard InChI is InChI=1S/C24H26N4OS/c1-18-8-5-6-9-19(18)16-27-23(29)20-10-7-15-28(17-20)22-24(26-14-13-25-22)30-21-11-3-2-4-12-21/h2-6,8-9,11-14,20H,7,10,15-17H2,1H3,(H,27,29)/t20-/m0/s1. The summed E-state index contributed by atoms with van der Waals surface area (Å²) in [7, 11) is 0. The Morgan fingerprint density at radius 2 is 1.87 bits per heavy atom. The number of anilines is 1. The van der Waals surface area contributed by atoms with Crippen LogP contribution in [0, 0.1) is 12.8 Å². The van der Waals surface area contributed by atoms with Gasteiger partial charge in [0.05, 0.1) is 5.92 Å². The molecule has 1 aromatic heterocycles. The molecule has 0 bridgehead atoms. The predicted octanol–water partition coefficient (Wildman–Crippen LogP) is 4.47. The van der Waals surface area contributed by atoms with E-state index >= 15 is 0 Å². The van der Waals surface area contributed by atoms with Crippen LogP contribution in [0.25, 0.3) is 0 Å². The summed E-state index contributed by atoms with van der Waals surface area (Å²) in [5, 5.41) is 4.01. The number of piperidine rings is 1. The molecule has 30 heavy (non-hydrogen) atoms. The number of hydrogen-bond acceptors (Lipinski definition) is 5. The van der Waals surface area contributed by atoms with Crippen molar-refractivity contribution < 1.29 is 4.79 Å². The van der Waals surface area contributed by atoms with E-state index in [1.807, 2.05) is 30.3 Å². The topological polar surface area (TPSA) is 58.1 Å². The zero-order valence-electron chi connectivity index (χ0n) is 17.1. The zero-order chi connectivity index (χ0) is 20.8. The van der Waals surface area contributed by atoms with E-state index in [-0.39, 0.29) is 11.8 Å². The summed E-state index contributed by atoms with van der Waals surface area (Å²) in [4.78, 5) is 25.4. The van der Waals surface area contributed by atoms with Crippen molar-refractivity contribution in [1.29, 1.82) is 0 Å². The number of carbonyl (C=O) groups is 1. The Kier molecular flexibility index (Phi) is 6.64. The highest BCUT2D eigenvalue weighted by Crippen LogP contribution is 2.33. The highest BCUT2D eigenvalue weighted by Gasteiger charge is 2.28. The smallest absolute Gasteiger partial charge is 0.225 e. The van der Waals surface area contributed by atoms with Crippen LogP contribution in [-0.4, -0.2) is 29.0 Å². The number of benzene rings is 2. The van der Waals surface area contributed by atoms with E-state index < -0.39 is 0 Å². The SMILES string of the molecule is Cc1ccccc1CNC(=O)[C@H]1CCCN(c2nccnc2Sc2ccccc2)C1. The van der Waals surface area contributed by atoms with Crippen molar-refractivity contribution >= 4 is 23.5 Å². The van der Waals surface area contributed by atoms with Crippen LogP contribution in [0.2, 0.25) is 0 Å². The average Bonchev–Trinajstić information content (AvgIpc) is 2.79. The van der Waals surface area contributed by atoms with Gasteiger partial charge in [-0.25, -0.2) is 9.97 Å². The Balaban J connectivity index is 1.43. The number of aromatic nitrogens is 2. The number of nitrogens with one attached hydrogen (secondary N) is 1. The molecular formula is C24H26N4OS. The second kappa shape index (κ2) is 9.76. The van der Waals surface area contributed by atoms with E-state index in [1.54, 1.807) is 24.2 Å². The van der Waals surface area contributed by atoms with Gasteiger partial charge in [0, 0.05) is 36.9 Å². The van der Waals surface area contributed by atoms with E-state index in [1.165, 1.54) is 5.56 Å². The van der Waals surface area contributed by atoms with E-state index in [0.29, 0.717) is 13.1 Å². The quantitative estimate of drug-likeness (QED) is 0.640. The first-order valence-electron chi connectivity index (χ1n) is 10.3. The maximum atomic E-state index is 12.9. The maximum Gasteiger partial charge on any atom is 0.225 e. The van der Waals surface area contributed by atoms with Crippen LogP contribution >= 0.6 is 11.8 Å². The van der Waals surface area contributed by atoms with Gasteiger partial charge in [-0.2, -0.15) is 0 Å². The lowest BCUT2D eigenvalue weighted by Gasteiger charge is -2.33. The molecule has 1 fully saturated rings. The van der Waals surface area contributed by atoms with Crippen LogP contribution in [0.1, 0.15) is 24.0 Å². The minimum Gasteiger partial charge on any atom is -0.354 e. The summed E-state index contributed by atoms with van der Waals surface area (Å²) < 4.78 is 0. The number of carbonyl (C=O) groups excluding carboxylic acids is 1. The highest BCUT2D eigenvalue weighted by atomic mass is 32.2. The molecule has 154 valence electrons. The fraction of sp³-hybridized carbons (Fsp3) is 0.292. The molecule has 5 nitrogen and oxygen atoms in total. The Morgan fingerprint density at radius 3 is 2.70 bits per heavy atom. The lowest BCUT2D eigenvalue weighted by Crippen LogP contribution is -2.43. The van der Waals surface area contributed by atoms with Crippen molar-refractivity contribution in [2.75, 3.05) is 18.0 Å². The Morgan fingerprint density at radius 1 is 1.10 bits per heavy atom. The maximum absolute atomic E-state index is 12.9. The van der Waals surface area contributed by atoms with E-state index in [0.717, 1.165) is 40.7 Å². The predicted molar refractivity (Wildman–Crippen MR) is 121 cm³/mol. The van der Waals surface area contributed by atoms with Crippen LogP contribution in [0.3, 0.4) is 0 Å². The van der Waals surface area contributed by atoms with Crippen molar-refractivity contribution in [3.63, 3.8) is 0 Å². The third-order valence-corrected chi connectivity index (χ3v) is 6.40. The van der Waals surface area contributed by atoms with Crippen LogP contribution in [0.4, 0.5) is 5.82 Å². The number of aryl methyl sites for hydroxylation is 1. The van der Waals surface area contributed by atoms with Gasteiger partial charge in [-0.05, 0) is 43.0 Å². The molecule has 1 aliphatic heterocycles. The lowest BCUT2D eigenvalue weighted by atomic mass is 9.97. The van der Waals surface area contributed by atoms with Crippen LogP contribution in [-0.2, 0) is 11.3 Å². The molecule has 0 aliphatic carbocycles. The normalized spacial score (nSPS) is 16.3. The molecule has 0 saturated carbocycles. The molecule has 3 aromatic rings. The van der Waals surface area contributed by atoms with Gasteiger partial charge >= 0.3 is 0 Å². The fourth-order valence-corrected chi connectivity index (χ4v) is 4.63. The summed E-state index contributed by atoms with van der Waals surface area (Å²) in [5.74, 6) is 0.936. The summed E-state index contributed by atoms with van der Waals surface area (Å²) in [6.07, 6.45) is 5.32. The molecule has 0 unspecified atom stereocenters. The van der Waals surface area contributed by atoms with Gasteiger partial charge in [0.15, 0.2) is 5.82 Å². The van der Waals surface area contributed by atoms with Crippen molar-refractivity contribution in [2.45, 2.75) is 36.2 Å². The van der Waals surface area contributed by atoms with E-state index in [4.69, 9.17) is 0 Å². The molecule has 0 spiro atoms. The number of nitrogens with zero attached hydrogens (tertiary/aromatic N) is 3. The van der Waals surface area contributed by atoms with Crippen molar-refractivity contribution in [1.82, 2.24) is 15.3 Å². The van der Waals surface area contributed by atoms with Crippen LogP contribution in [0.5, 0.6) is 0 Å². The number of hydrogen-bond donors (Lipinski definition) is 1. The van der Waals surface area contributed by atoms with Crippen LogP contribution in [0.15, 0.2) is 76.9 Å². The highest BCUT2D eigenvalue weighted by molar-refractivity contribution is 7.99. The molecule has 1 saturated heterocycles. The molecule has 2 aromatic carbocycles. The average molecular weight is 419 g/mol. The van der Waals surface area contributed by atoms with Gasteiger partial charge in [0.25, 0.3) is 0 Å². The second-order valence-corrected chi connectivity index (χ2v) is 8.59. The van der Waals surface area contributed by atoms with Gasteiger partial charge in [-0.3, -0.25) is 4.79 Å². The minimum absolute atomic E-state index is 0.0423. The zero-order valence-corrected chi connectivity index (χ0v) is 17.9. The Hall–Kier alpha value is -2.86. The summed E-state index contributed by atoms with van der Waals surface area (Å²) in [5.41, 5.74) is 2.36. The molecular weight excluding hydrogens is 392 g/mol. The minimum atomic E-state index is -0.0423. The van der Waals surface area contributed by atoms with Crippen molar-refractivity contribution in [2.24, 2.45) is 5.92 Å². The van der Waals surface area contributed by atoms with Crippen molar-refractivity contribution in [3.8, 4) is 0 Å². The molecule has 6 heteroatoms. The Bertz CT molecular complexity index is 995. The molecule has 4 rings (SSSR count).